The van der Waals surface area contributed by atoms with E-state index in [0.29, 0.717) is 11.3 Å². The van der Waals surface area contributed by atoms with Gasteiger partial charge in [0.2, 0.25) is 5.76 Å². The molecule has 0 aliphatic heterocycles. The van der Waals surface area contributed by atoms with Gasteiger partial charge in [0.15, 0.2) is 0 Å². The normalized spacial score (nSPS) is 10.9. The van der Waals surface area contributed by atoms with E-state index in [1.807, 2.05) is 42.5 Å². The van der Waals surface area contributed by atoms with Crippen LogP contribution in [0.25, 0.3) is 11.0 Å². The Bertz CT molecular complexity index is 810. The fraction of sp³-hybridized carbons (Fsp3) is 0.0625. The van der Waals surface area contributed by atoms with Crippen molar-refractivity contribution in [2.45, 2.75) is 10.6 Å². The summed E-state index contributed by atoms with van der Waals surface area (Å²) in [5.74, 6) is -0.454. The third-order valence-corrected chi connectivity index (χ3v) is 4.59. The molecule has 0 saturated carbocycles. The molecule has 0 saturated heterocycles. The van der Waals surface area contributed by atoms with Gasteiger partial charge in [-0.3, -0.25) is 0 Å². The van der Waals surface area contributed by atoms with Crippen molar-refractivity contribution in [2.24, 2.45) is 0 Å². The quantitative estimate of drug-likeness (QED) is 0.649. The molecular weight excluding hydrogens is 352 g/mol. The zero-order chi connectivity index (χ0) is 14.8. The molecule has 3 nitrogen and oxygen atoms in total. The number of hydrogen-bond donors (Lipinski definition) is 1. The molecule has 1 aromatic heterocycles. The van der Waals surface area contributed by atoms with Crippen LogP contribution in [0.2, 0.25) is 0 Å². The number of halogens is 1. The first kappa shape index (κ1) is 14.2. The Labute approximate surface area is 134 Å². The molecule has 2 aromatic carbocycles. The van der Waals surface area contributed by atoms with E-state index in [1.165, 1.54) is 0 Å². The molecule has 0 aliphatic carbocycles. The summed E-state index contributed by atoms with van der Waals surface area (Å²) in [6.07, 6.45) is 0. The van der Waals surface area contributed by atoms with Gasteiger partial charge in [0.1, 0.15) is 5.58 Å². The van der Waals surface area contributed by atoms with E-state index >= 15 is 0 Å². The first-order valence-corrected chi connectivity index (χ1v) is 8.05. The molecule has 0 fully saturated rings. The van der Waals surface area contributed by atoms with E-state index in [4.69, 9.17) is 4.42 Å². The minimum Gasteiger partial charge on any atom is -0.475 e. The highest BCUT2D eigenvalue weighted by atomic mass is 79.9. The van der Waals surface area contributed by atoms with Crippen LogP contribution >= 0.6 is 27.7 Å². The molecule has 5 heteroatoms. The fourth-order valence-corrected chi connectivity index (χ4v) is 3.66. The molecule has 3 rings (SSSR count). The average Bonchev–Trinajstić information content (AvgIpc) is 2.84. The highest BCUT2D eigenvalue weighted by Crippen LogP contribution is 2.32. The lowest BCUT2D eigenvalue weighted by Crippen LogP contribution is -1.97. The summed E-state index contributed by atoms with van der Waals surface area (Å²) in [7, 11) is 0. The van der Waals surface area contributed by atoms with Crippen molar-refractivity contribution < 1.29 is 14.3 Å². The van der Waals surface area contributed by atoms with E-state index in [1.54, 1.807) is 17.8 Å². The smallest absolute Gasteiger partial charge is 0.372 e. The maximum Gasteiger partial charge on any atom is 0.372 e. The van der Waals surface area contributed by atoms with Crippen LogP contribution in [0.5, 0.6) is 0 Å². The second-order valence-electron chi connectivity index (χ2n) is 4.46. The number of aromatic carboxylic acids is 1. The van der Waals surface area contributed by atoms with Gasteiger partial charge < -0.3 is 9.52 Å². The van der Waals surface area contributed by atoms with Crippen LogP contribution in [0.4, 0.5) is 0 Å². The zero-order valence-electron chi connectivity index (χ0n) is 10.9. The van der Waals surface area contributed by atoms with E-state index in [0.717, 1.165) is 20.3 Å². The Morgan fingerprint density at radius 1 is 1.19 bits per heavy atom. The Balaban J connectivity index is 1.95. The summed E-state index contributed by atoms with van der Waals surface area (Å²) in [5, 5.41) is 10.2. The lowest BCUT2D eigenvalue weighted by atomic mass is 10.1. The van der Waals surface area contributed by atoms with E-state index < -0.39 is 5.97 Å². The van der Waals surface area contributed by atoms with Gasteiger partial charge in [-0.05, 0) is 24.3 Å². The molecule has 1 heterocycles. The van der Waals surface area contributed by atoms with Gasteiger partial charge in [-0.25, -0.2) is 4.79 Å². The van der Waals surface area contributed by atoms with Crippen molar-refractivity contribution in [2.75, 3.05) is 0 Å². The molecule has 0 spiro atoms. The first-order valence-electron chi connectivity index (χ1n) is 6.27. The maximum absolute atomic E-state index is 11.3. The van der Waals surface area contributed by atoms with Crippen LogP contribution in [0.1, 0.15) is 16.1 Å². The number of carbonyl (C=O) groups is 1. The highest BCUT2D eigenvalue weighted by Gasteiger charge is 2.19. The zero-order valence-corrected chi connectivity index (χ0v) is 13.3. The number of furan rings is 1. The summed E-state index contributed by atoms with van der Waals surface area (Å²) in [6, 6.07) is 15.3. The highest BCUT2D eigenvalue weighted by molar-refractivity contribution is 9.10. The second kappa shape index (κ2) is 5.95. The Morgan fingerprint density at radius 2 is 2.00 bits per heavy atom. The van der Waals surface area contributed by atoms with Crippen molar-refractivity contribution in [3.05, 3.63) is 64.3 Å². The van der Waals surface area contributed by atoms with Crippen LogP contribution in [0.15, 0.2) is 62.3 Å². The Kier molecular flexibility index (Phi) is 4.03. The number of thioether (sulfide) groups is 1. The third-order valence-electron chi connectivity index (χ3n) is 3.07. The molecule has 0 radical (unpaired) electrons. The van der Waals surface area contributed by atoms with Crippen LogP contribution in [-0.4, -0.2) is 11.1 Å². The number of carboxylic acids is 1. The van der Waals surface area contributed by atoms with Gasteiger partial charge in [-0.15, -0.1) is 11.8 Å². The van der Waals surface area contributed by atoms with Crippen molar-refractivity contribution in [1.82, 2.24) is 0 Å². The van der Waals surface area contributed by atoms with Gasteiger partial charge in [0.05, 0.1) is 0 Å². The van der Waals surface area contributed by atoms with Crippen molar-refractivity contribution >= 4 is 44.6 Å². The summed E-state index contributed by atoms with van der Waals surface area (Å²) < 4.78 is 6.45. The number of benzene rings is 2. The summed E-state index contributed by atoms with van der Waals surface area (Å²) in [6.45, 7) is 0. The van der Waals surface area contributed by atoms with Crippen molar-refractivity contribution in [3.63, 3.8) is 0 Å². The summed E-state index contributed by atoms with van der Waals surface area (Å²) in [4.78, 5) is 12.4. The Hall–Kier alpha value is -1.72. The number of para-hydroxylation sites is 1. The average molecular weight is 363 g/mol. The largest absolute Gasteiger partial charge is 0.475 e. The second-order valence-corrected chi connectivity index (χ2v) is 6.42. The number of carboxylic acid groups (broad SMARTS) is 1. The fourth-order valence-electron chi connectivity index (χ4n) is 2.13. The summed E-state index contributed by atoms with van der Waals surface area (Å²) >= 11 is 5.02. The molecule has 0 atom stereocenters. The van der Waals surface area contributed by atoms with Gasteiger partial charge in [-0.1, -0.05) is 40.2 Å². The van der Waals surface area contributed by atoms with Gasteiger partial charge in [-0.2, -0.15) is 0 Å². The van der Waals surface area contributed by atoms with Crippen LogP contribution in [-0.2, 0) is 5.75 Å². The lowest BCUT2D eigenvalue weighted by Gasteiger charge is -2.02. The molecule has 106 valence electrons. The Morgan fingerprint density at radius 3 is 2.76 bits per heavy atom. The van der Waals surface area contributed by atoms with E-state index in [9.17, 15) is 9.90 Å². The molecule has 3 aromatic rings. The summed E-state index contributed by atoms with van der Waals surface area (Å²) in [5.41, 5.74) is 1.34. The molecule has 0 aliphatic rings. The molecule has 0 bridgehead atoms. The third kappa shape index (κ3) is 2.99. The van der Waals surface area contributed by atoms with Crippen LogP contribution < -0.4 is 0 Å². The number of fused-ring (bicyclic) bond motifs is 1. The van der Waals surface area contributed by atoms with Gasteiger partial charge in [0.25, 0.3) is 0 Å². The molecular formula is C16H11BrO3S. The minimum atomic E-state index is -1.03. The number of rotatable bonds is 4. The SMILES string of the molecule is O=C(O)c1oc2ccccc2c1CSc1cccc(Br)c1. The van der Waals surface area contributed by atoms with Crippen molar-refractivity contribution in [3.8, 4) is 0 Å². The molecule has 0 unspecified atom stereocenters. The topological polar surface area (TPSA) is 50.4 Å². The first-order chi connectivity index (χ1) is 10.1. The predicted octanol–water partition coefficient (Wildman–Crippen LogP) is 5.19. The van der Waals surface area contributed by atoms with Crippen molar-refractivity contribution in [1.29, 1.82) is 0 Å². The maximum atomic E-state index is 11.3. The number of hydrogen-bond acceptors (Lipinski definition) is 3. The molecule has 0 amide bonds. The van der Waals surface area contributed by atoms with Crippen LogP contribution in [0.3, 0.4) is 0 Å². The monoisotopic (exact) mass is 362 g/mol. The predicted molar refractivity (Wildman–Crippen MR) is 86.9 cm³/mol. The minimum absolute atomic E-state index is 0.0266. The van der Waals surface area contributed by atoms with Gasteiger partial charge in [0, 0.05) is 26.1 Å². The van der Waals surface area contributed by atoms with Gasteiger partial charge >= 0.3 is 5.97 Å². The van der Waals surface area contributed by atoms with E-state index in [2.05, 4.69) is 15.9 Å². The molecule has 1 N–H and O–H groups in total. The standard InChI is InChI=1S/C16H11BrO3S/c17-10-4-3-5-11(8-10)21-9-13-12-6-1-2-7-14(12)20-15(13)16(18)19/h1-8H,9H2,(H,18,19). The van der Waals surface area contributed by atoms with E-state index in [-0.39, 0.29) is 5.76 Å². The van der Waals surface area contributed by atoms with Crippen LogP contribution in [0, 0.1) is 0 Å². The molecule has 21 heavy (non-hydrogen) atoms. The lowest BCUT2D eigenvalue weighted by molar-refractivity contribution is 0.0664.